The Labute approximate surface area is 266 Å². The van der Waals surface area contributed by atoms with Gasteiger partial charge in [0.1, 0.15) is 5.58 Å². The summed E-state index contributed by atoms with van der Waals surface area (Å²) in [4.78, 5) is 15.6. The van der Waals surface area contributed by atoms with E-state index in [9.17, 15) is 4.79 Å². The summed E-state index contributed by atoms with van der Waals surface area (Å²) in [7, 11) is 0. The van der Waals surface area contributed by atoms with Gasteiger partial charge in [0, 0.05) is 30.2 Å². The van der Waals surface area contributed by atoms with Gasteiger partial charge in [-0.3, -0.25) is 4.72 Å². The predicted octanol–water partition coefficient (Wildman–Crippen LogP) is 10.6. The fourth-order valence-electron chi connectivity index (χ4n) is 6.15. The summed E-state index contributed by atoms with van der Waals surface area (Å²) in [5, 5.41) is 0.946. The minimum absolute atomic E-state index is 0.198. The summed E-state index contributed by atoms with van der Waals surface area (Å²) >= 11 is 4.54. The highest BCUT2D eigenvalue weighted by Crippen LogP contribution is 2.31. The number of anilines is 1. The lowest BCUT2D eigenvalue weighted by atomic mass is 9.84. The molecule has 0 aliphatic carbocycles. The molecule has 1 aromatic heterocycles. The Morgan fingerprint density at radius 2 is 1.47 bits per heavy atom. The molecule has 0 spiro atoms. The van der Waals surface area contributed by atoms with Crippen LogP contribution in [0.1, 0.15) is 121 Å². The molecule has 0 amide bonds. The highest BCUT2D eigenvalue weighted by molar-refractivity contribution is 7.78. The molecule has 0 bridgehead atoms. The molecule has 2 aromatic carbocycles. The van der Waals surface area contributed by atoms with Crippen LogP contribution in [0, 0.1) is 5.92 Å². The van der Waals surface area contributed by atoms with Gasteiger partial charge in [0.05, 0.1) is 11.6 Å². The van der Waals surface area contributed by atoms with Gasteiger partial charge in [0.2, 0.25) is 0 Å². The summed E-state index contributed by atoms with van der Waals surface area (Å²) in [6, 6.07) is 18.6. The van der Waals surface area contributed by atoms with Crippen LogP contribution in [-0.2, 0) is 6.42 Å². The first-order chi connectivity index (χ1) is 21.1. The summed E-state index contributed by atoms with van der Waals surface area (Å²) in [6.07, 6.45) is 22.1. The first-order valence-electron chi connectivity index (χ1n) is 17.0. The summed E-state index contributed by atoms with van der Waals surface area (Å²) in [6.45, 7) is 8.37. The number of unbranched alkanes of at least 4 members (excludes halogenated alkanes) is 10. The summed E-state index contributed by atoms with van der Waals surface area (Å²) in [5.41, 5.74) is 3.38. The van der Waals surface area contributed by atoms with Gasteiger partial charge in [-0.1, -0.05) is 114 Å². The zero-order chi connectivity index (χ0) is 30.7. The first-order valence-corrected chi connectivity index (χ1v) is 17.5. The van der Waals surface area contributed by atoms with Gasteiger partial charge < -0.3 is 9.32 Å². The third-order valence-corrected chi connectivity index (χ3v) is 9.03. The lowest BCUT2D eigenvalue weighted by Crippen LogP contribution is -2.28. The van der Waals surface area contributed by atoms with Crippen molar-refractivity contribution in [3.8, 4) is 0 Å². The van der Waals surface area contributed by atoms with Crippen LogP contribution in [0.25, 0.3) is 11.0 Å². The maximum atomic E-state index is 13.4. The van der Waals surface area contributed by atoms with Gasteiger partial charge in [-0.15, -0.1) is 0 Å². The van der Waals surface area contributed by atoms with Crippen LogP contribution in [0.15, 0.2) is 76.0 Å². The van der Waals surface area contributed by atoms with Crippen molar-refractivity contribution in [1.29, 1.82) is 0 Å². The number of hydrogen-bond acceptors (Lipinski definition) is 5. The molecule has 5 heteroatoms. The lowest BCUT2D eigenvalue weighted by Gasteiger charge is -2.27. The monoisotopic (exact) mass is 604 g/mol. The van der Waals surface area contributed by atoms with E-state index in [4.69, 9.17) is 4.42 Å². The van der Waals surface area contributed by atoms with Crippen LogP contribution in [0.5, 0.6) is 0 Å². The molecule has 0 saturated carbocycles. The third kappa shape index (κ3) is 11.8. The van der Waals surface area contributed by atoms with Gasteiger partial charge in [-0.2, -0.15) is 0 Å². The Balaban J connectivity index is 1.59. The zero-order valence-electron chi connectivity index (χ0n) is 27.0. The molecule has 3 rings (SSSR count). The second kappa shape index (κ2) is 20.5. The van der Waals surface area contributed by atoms with Crippen LogP contribution < -0.4 is 15.2 Å². The molecule has 43 heavy (non-hydrogen) atoms. The number of allylic oxidation sites excluding steroid dienone is 2. The number of rotatable bonds is 22. The predicted molar refractivity (Wildman–Crippen MR) is 189 cm³/mol. The molecule has 1 N–H and O–H groups in total. The van der Waals surface area contributed by atoms with E-state index in [2.05, 4.69) is 97.8 Å². The summed E-state index contributed by atoms with van der Waals surface area (Å²) < 4.78 is 9.13. The van der Waals surface area contributed by atoms with E-state index in [-0.39, 0.29) is 17.6 Å². The largest absolute Gasteiger partial charge is 0.422 e. The van der Waals surface area contributed by atoms with E-state index >= 15 is 0 Å². The quantitative estimate of drug-likeness (QED) is 0.0518. The van der Waals surface area contributed by atoms with Crippen molar-refractivity contribution in [2.75, 3.05) is 18.0 Å². The van der Waals surface area contributed by atoms with Gasteiger partial charge >= 0.3 is 5.63 Å². The number of nitrogens with zero attached hydrogens (tertiary/aromatic N) is 1. The number of nitrogens with one attached hydrogen (secondary N) is 1. The Bertz CT molecular complexity index is 1250. The highest BCUT2D eigenvalue weighted by Gasteiger charge is 2.26. The van der Waals surface area contributed by atoms with E-state index in [1.165, 1.54) is 76.2 Å². The Morgan fingerprint density at radius 3 is 2.12 bits per heavy atom. The fourth-order valence-corrected chi connectivity index (χ4v) is 6.50. The van der Waals surface area contributed by atoms with Crippen LogP contribution in [0.4, 0.5) is 5.69 Å². The van der Waals surface area contributed by atoms with Gasteiger partial charge in [-0.05, 0) is 82.1 Å². The molecule has 0 aliphatic rings. The van der Waals surface area contributed by atoms with Gasteiger partial charge in [-0.25, -0.2) is 4.79 Å². The van der Waals surface area contributed by atoms with Crippen LogP contribution in [-0.4, -0.2) is 13.1 Å². The van der Waals surface area contributed by atoms with Crippen molar-refractivity contribution in [1.82, 2.24) is 4.72 Å². The van der Waals surface area contributed by atoms with E-state index in [0.29, 0.717) is 11.1 Å². The maximum absolute atomic E-state index is 13.4. The average molecular weight is 605 g/mol. The SMILES string of the molecule is CCCCCCCC/C=C\CCCCCCC(Cc1ccccc1)C(NS)c1cc2ccc(N(CC)CC)cc2oc1=O. The molecule has 0 radical (unpaired) electrons. The molecule has 1 heterocycles. The molecule has 2 unspecified atom stereocenters. The standard InChI is InChI=1S/C38H56N2O2S/c1-4-7-8-9-10-11-12-13-14-15-16-17-18-22-25-33(28-31-23-20-19-21-24-31)37(39-43)35-29-32-26-27-34(40(5-2)6-3)30-36(32)42-38(35)41/h13-14,19-21,23-24,26-27,29-30,33,37,39,43H,4-12,15-18,22,25,28H2,1-3H3/b14-13-. The average Bonchev–Trinajstić information content (AvgIpc) is 3.02. The molecular formula is C38H56N2O2S. The topological polar surface area (TPSA) is 45.5 Å². The second-order valence-corrected chi connectivity index (χ2v) is 12.2. The second-order valence-electron chi connectivity index (χ2n) is 12.0. The fraction of sp³-hybridized carbons (Fsp3) is 0.553. The van der Waals surface area contributed by atoms with Crippen molar-refractivity contribution >= 4 is 29.5 Å². The number of hydrogen-bond donors (Lipinski definition) is 2. The van der Waals surface area contributed by atoms with Crippen molar-refractivity contribution in [2.24, 2.45) is 5.92 Å². The van der Waals surface area contributed by atoms with Crippen LogP contribution >= 0.6 is 12.8 Å². The number of thiol groups is 1. The van der Waals surface area contributed by atoms with E-state index < -0.39 is 0 Å². The van der Waals surface area contributed by atoms with Crippen molar-refractivity contribution in [3.05, 3.63) is 88.3 Å². The number of benzene rings is 2. The molecular weight excluding hydrogens is 548 g/mol. The van der Waals surface area contributed by atoms with Crippen molar-refractivity contribution < 1.29 is 4.42 Å². The molecule has 3 aromatic rings. The normalized spacial score (nSPS) is 13.1. The lowest BCUT2D eigenvalue weighted by molar-refractivity contribution is 0.358. The number of fused-ring (bicyclic) bond motifs is 1. The summed E-state index contributed by atoms with van der Waals surface area (Å²) in [5.74, 6) is 0.229. The maximum Gasteiger partial charge on any atom is 0.341 e. The van der Waals surface area contributed by atoms with Crippen molar-refractivity contribution in [2.45, 2.75) is 117 Å². The Hall–Kier alpha value is -2.50. The molecule has 236 valence electrons. The van der Waals surface area contributed by atoms with Crippen LogP contribution in [0.3, 0.4) is 0 Å². The van der Waals surface area contributed by atoms with E-state index in [1.54, 1.807) is 0 Å². The van der Waals surface area contributed by atoms with Crippen LogP contribution in [0.2, 0.25) is 0 Å². The Morgan fingerprint density at radius 1 is 0.814 bits per heavy atom. The highest BCUT2D eigenvalue weighted by atomic mass is 32.1. The Kier molecular flexibility index (Phi) is 16.6. The van der Waals surface area contributed by atoms with Gasteiger partial charge in [0.25, 0.3) is 0 Å². The minimum Gasteiger partial charge on any atom is -0.422 e. The molecule has 2 atom stereocenters. The molecule has 0 fully saturated rings. The first kappa shape index (κ1) is 35.0. The van der Waals surface area contributed by atoms with Crippen molar-refractivity contribution in [3.63, 3.8) is 0 Å². The van der Waals surface area contributed by atoms with E-state index in [0.717, 1.165) is 43.4 Å². The third-order valence-electron chi connectivity index (χ3n) is 8.75. The van der Waals surface area contributed by atoms with Gasteiger partial charge in [0.15, 0.2) is 0 Å². The zero-order valence-corrected chi connectivity index (χ0v) is 27.9. The minimum atomic E-state index is -0.276. The molecule has 0 saturated heterocycles. The molecule has 0 aliphatic heterocycles. The van der Waals surface area contributed by atoms with E-state index in [1.807, 2.05) is 12.1 Å². The smallest absolute Gasteiger partial charge is 0.341 e. The molecule has 4 nitrogen and oxygen atoms in total.